The Kier molecular flexibility index (Phi) is 5.30. The van der Waals surface area contributed by atoms with E-state index in [0.29, 0.717) is 23.4 Å². The summed E-state index contributed by atoms with van der Waals surface area (Å²) in [5, 5.41) is 13.2. The van der Waals surface area contributed by atoms with E-state index in [9.17, 15) is 10.0 Å². The number of nitrogens with zero attached hydrogens (tertiary/aromatic N) is 2. The van der Waals surface area contributed by atoms with E-state index in [-0.39, 0.29) is 5.91 Å². The molecule has 0 saturated carbocycles. The van der Waals surface area contributed by atoms with Crippen LogP contribution in [-0.4, -0.2) is 17.9 Å². The van der Waals surface area contributed by atoms with Crippen LogP contribution in [0.5, 0.6) is 5.75 Å². The molecule has 2 heterocycles. The van der Waals surface area contributed by atoms with Crippen molar-refractivity contribution in [3.05, 3.63) is 87.5 Å². The molecule has 0 saturated heterocycles. The Morgan fingerprint density at radius 2 is 1.88 bits per heavy atom. The molecule has 5 nitrogen and oxygen atoms in total. The van der Waals surface area contributed by atoms with Crippen LogP contribution in [0, 0.1) is 5.21 Å². The van der Waals surface area contributed by atoms with Crippen LogP contribution in [0.2, 0.25) is 0 Å². The number of ether oxygens (including phenoxy) is 1. The van der Waals surface area contributed by atoms with Crippen LogP contribution >= 0.6 is 11.3 Å². The predicted octanol–water partition coefficient (Wildman–Crippen LogP) is 3.23. The minimum absolute atomic E-state index is 0.125. The second-order valence-electron chi connectivity index (χ2n) is 5.50. The minimum atomic E-state index is -0.125. The van der Waals surface area contributed by atoms with Gasteiger partial charge in [-0.25, -0.2) is 0 Å². The fourth-order valence-corrected chi connectivity index (χ4v) is 3.29. The lowest BCUT2D eigenvalue weighted by molar-refractivity contribution is -0.605. The Balaban J connectivity index is 1.89. The van der Waals surface area contributed by atoms with Crippen molar-refractivity contribution < 1.29 is 14.3 Å². The fraction of sp³-hybridized carbons (Fsp3) is 0.158. The number of pyridine rings is 1. The molecule has 0 radical (unpaired) electrons. The van der Waals surface area contributed by atoms with Gasteiger partial charge in [0.1, 0.15) is 5.75 Å². The van der Waals surface area contributed by atoms with Gasteiger partial charge in [0.2, 0.25) is 0 Å². The molecular formula is C19H18N2O3S. The highest BCUT2D eigenvalue weighted by atomic mass is 32.1. The monoisotopic (exact) mass is 354 g/mol. The molecule has 0 aliphatic heterocycles. The van der Waals surface area contributed by atoms with E-state index in [0.717, 1.165) is 16.2 Å². The third kappa shape index (κ3) is 4.16. The quantitative estimate of drug-likeness (QED) is 0.504. The van der Waals surface area contributed by atoms with Gasteiger partial charge in [0, 0.05) is 22.6 Å². The highest BCUT2D eigenvalue weighted by Gasteiger charge is 2.19. The molecule has 25 heavy (non-hydrogen) atoms. The van der Waals surface area contributed by atoms with Crippen LogP contribution in [-0.2, 0) is 13.1 Å². The van der Waals surface area contributed by atoms with Crippen LogP contribution in [0.1, 0.15) is 20.8 Å². The van der Waals surface area contributed by atoms with Gasteiger partial charge in [0.05, 0.1) is 25.8 Å². The molecule has 0 atom stereocenters. The zero-order valence-electron chi connectivity index (χ0n) is 13.8. The smallest absolute Gasteiger partial charge is 0.254 e. The van der Waals surface area contributed by atoms with Crippen molar-refractivity contribution in [1.82, 2.24) is 4.90 Å². The lowest BCUT2D eigenvalue weighted by Crippen LogP contribution is -2.31. The van der Waals surface area contributed by atoms with Crippen molar-refractivity contribution in [2.24, 2.45) is 0 Å². The molecule has 0 bridgehead atoms. The number of para-hydroxylation sites is 1. The zero-order chi connectivity index (χ0) is 17.6. The highest BCUT2D eigenvalue weighted by molar-refractivity contribution is 7.09. The molecule has 3 aromatic rings. The maximum atomic E-state index is 13.0. The third-order valence-corrected chi connectivity index (χ3v) is 4.68. The lowest BCUT2D eigenvalue weighted by atomic mass is 10.1. The summed E-state index contributed by atoms with van der Waals surface area (Å²) in [6, 6.07) is 14.7. The number of hydrogen-bond donors (Lipinski definition) is 0. The van der Waals surface area contributed by atoms with Gasteiger partial charge in [0.15, 0.2) is 12.4 Å². The second kappa shape index (κ2) is 7.81. The number of methoxy groups -OCH3 is 1. The van der Waals surface area contributed by atoms with Crippen molar-refractivity contribution in [3.63, 3.8) is 0 Å². The number of hydrogen-bond acceptors (Lipinski definition) is 4. The maximum absolute atomic E-state index is 13.0. The van der Waals surface area contributed by atoms with E-state index >= 15 is 0 Å². The van der Waals surface area contributed by atoms with Crippen LogP contribution in [0.4, 0.5) is 0 Å². The van der Waals surface area contributed by atoms with Gasteiger partial charge in [-0.1, -0.05) is 24.3 Å². The summed E-state index contributed by atoms with van der Waals surface area (Å²) in [5.41, 5.74) is 1.42. The summed E-state index contributed by atoms with van der Waals surface area (Å²) in [5.74, 6) is 0.622. The SMILES string of the molecule is COc1ccccc1CN(Cc1cccs1)C(=O)c1cc[n+]([O-])cc1. The summed E-state index contributed by atoms with van der Waals surface area (Å²) >= 11 is 1.61. The van der Waals surface area contributed by atoms with Gasteiger partial charge < -0.3 is 14.8 Å². The number of carbonyl (C=O) groups is 1. The summed E-state index contributed by atoms with van der Waals surface area (Å²) in [7, 11) is 1.62. The van der Waals surface area contributed by atoms with Crippen LogP contribution < -0.4 is 9.47 Å². The van der Waals surface area contributed by atoms with Crippen molar-refractivity contribution in [1.29, 1.82) is 0 Å². The normalized spacial score (nSPS) is 10.4. The number of thiophene rings is 1. The Labute approximate surface area is 150 Å². The summed E-state index contributed by atoms with van der Waals surface area (Å²) in [4.78, 5) is 15.8. The minimum Gasteiger partial charge on any atom is -0.619 e. The molecule has 0 spiro atoms. The number of aromatic nitrogens is 1. The Morgan fingerprint density at radius 1 is 1.12 bits per heavy atom. The molecule has 0 aliphatic rings. The summed E-state index contributed by atoms with van der Waals surface area (Å²) in [6.45, 7) is 0.924. The first-order valence-corrected chi connectivity index (χ1v) is 8.67. The van der Waals surface area contributed by atoms with Crippen LogP contribution in [0.15, 0.2) is 66.3 Å². The average Bonchev–Trinajstić information content (AvgIpc) is 3.15. The molecule has 2 aromatic heterocycles. The largest absolute Gasteiger partial charge is 0.619 e. The van der Waals surface area contributed by atoms with Gasteiger partial charge in [0.25, 0.3) is 5.91 Å². The number of rotatable bonds is 6. The lowest BCUT2D eigenvalue weighted by Gasteiger charge is -2.23. The number of benzene rings is 1. The molecule has 1 aromatic carbocycles. The summed E-state index contributed by atoms with van der Waals surface area (Å²) in [6.07, 6.45) is 2.67. The molecule has 128 valence electrons. The van der Waals surface area contributed by atoms with E-state index in [2.05, 4.69) is 0 Å². The standard InChI is InChI=1S/C19H18N2O3S/c1-24-18-7-3-2-5-16(18)13-20(14-17-6-4-12-25-17)19(22)15-8-10-21(23)11-9-15/h2-12H,13-14H2,1H3. The topological polar surface area (TPSA) is 56.5 Å². The number of carbonyl (C=O) groups excluding carboxylic acids is 1. The van der Waals surface area contributed by atoms with E-state index in [1.165, 1.54) is 12.4 Å². The molecule has 6 heteroatoms. The molecule has 0 N–H and O–H groups in total. The van der Waals surface area contributed by atoms with Gasteiger partial charge >= 0.3 is 0 Å². The Bertz CT molecular complexity index is 832. The van der Waals surface area contributed by atoms with Gasteiger partial charge in [-0.15, -0.1) is 11.3 Å². The first kappa shape index (κ1) is 17.0. The third-order valence-electron chi connectivity index (χ3n) is 3.82. The van der Waals surface area contributed by atoms with Gasteiger partial charge in [-0.2, -0.15) is 4.73 Å². The first-order valence-electron chi connectivity index (χ1n) is 7.80. The van der Waals surface area contributed by atoms with Crippen LogP contribution in [0.3, 0.4) is 0 Å². The fourth-order valence-electron chi connectivity index (χ4n) is 2.57. The van der Waals surface area contributed by atoms with Crippen molar-refractivity contribution in [3.8, 4) is 5.75 Å². The Hall–Kier alpha value is -2.86. The predicted molar refractivity (Wildman–Crippen MR) is 96.3 cm³/mol. The summed E-state index contributed by atoms with van der Waals surface area (Å²) < 4.78 is 6.07. The molecule has 0 fully saturated rings. The number of amides is 1. The zero-order valence-corrected chi connectivity index (χ0v) is 14.6. The average molecular weight is 354 g/mol. The molecule has 0 unspecified atom stereocenters. The van der Waals surface area contributed by atoms with Crippen LogP contribution in [0.25, 0.3) is 0 Å². The second-order valence-corrected chi connectivity index (χ2v) is 6.53. The highest BCUT2D eigenvalue weighted by Crippen LogP contribution is 2.22. The van der Waals surface area contributed by atoms with E-state index in [4.69, 9.17) is 4.74 Å². The molecular weight excluding hydrogens is 336 g/mol. The van der Waals surface area contributed by atoms with Gasteiger partial charge in [-0.05, 0) is 17.5 Å². The molecule has 1 amide bonds. The van der Waals surface area contributed by atoms with E-state index < -0.39 is 0 Å². The van der Waals surface area contributed by atoms with Crippen molar-refractivity contribution >= 4 is 17.2 Å². The van der Waals surface area contributed by atoms with Crippen molar-refractivity contribution in [2.75, 3.05) is 7.11 Å². The van der Waals surface area contributed by atoms with E-state index in [1.54, 1.807) is 35.5 Å². The van der Waals surface area contributed by atoms with E-state index in [1.807, 2.05) is 41.8 Å². The van der Waals surface area contributed by atoms with Crippen molar-refractivity contribution in [2.45, 2.75) is 13.1 Å². The maximum Gasteiger partial charge on any atom is 0.254 e. The first-order chi connectivity index (χ1) is 12.2. The molecule has 0 aliphatic carbocycles. The van der Waals surface area contributed by atoms with Gasteiger partial charge in [-0.3, -0.25) is 4.79 Å². The Morgan fingerprint density at radius 3 is 2.56 bits per heavy atom. The molecule has 3 rings (SSSR count).